The molecule has 0 saturated carbocycles. The molecule has 0 spiro atoms. The summed E-state index contributed by atoms with van der Waals surface area (Å²) in [5.74, 6) is 0.170. The highest BCUT2D eigenvalue weighted by Crippen LogP contribution is 2.27. The lowest BCUT2D eigenvalue weighted by molar-refractivity contribution is -0.114. The number of nitrogens with zero attached hydrogens (tertiary/aromatic N) is 1. The van der Waals surface area contributed by atoms with Crippen molar-refractivity contribution >= 4 is 5.78 Å². The minimum absolute atomic E-state index is 0.170. The molecule has 1 heterocycles. The summed E-state index contributed by atoms with van der Waals surface area (Å²) < 4.78 is 0. The number of allylic oxidation sites excluding steroid dienone is 2. The highest BCUT2D eigenvalue weighted by atomic mass is 16.3. The first kappa shape index (κ1) is 10.6. The molecule has 1 unspecified atom stereocenters. The molecule has 2 aliphatic rings. The van der Waals surface area contributed by atoms with Gasteiger partial charge in [0.1, 0.15) is 5.60 Å². The Labute approximate surface area is 89.2 Å². The molecular weight excluding hydrogens is 194 g/mol. The van der Waals surface area contributed by atoms with E-state index < -0.39 is 5.60 Å². The van der Waals surface area contributed by atoms with E-state index in [9.17, 15) is 9.90 Å². The van der Waals surface area contributed by atoms with Crippen LogP contribution in [0.3, 0.4) is 0 Å². The predicted molar refractivity (Wildman–Crippen MR) is 55.2 cm³/mol. The molecule has 2 rings (SSSR count). The summed E-state index contributed by atoms with van der Waals surface area (Å²) in [5.41, 5.74) is 0.0386. The average Bonchev–Trinajstić information content (AvgIpc) is 2.65. The zero-order valence-electron chi connectivity index (χ0n) is 8.78. The Balaban J connectivity index is 2.05. The molecule has 84 valence electrons. The van der Waals surface area contributed by atoms with Crippen LogP contribution >= 0.6 is 0 Å². The zero-order valence-corrected chi connectivity index (χ0v) is 8.78. The van der Waals surface area contributed by atoms with Crippen molar-refractivity contribution in [2.45, 2.75) is 31.3 Å². The minimum atomic E-state index is -0.981. The van der Waals surface area contributed by atoms with Gasteiger partial charge in [-0.1, -0.05) is 0 Å². The van der Waals surface area contributed by atoms with E-state index in [4.69, 9.17) is 5.11 Å². The molecule has 0 aromatic carbocycles. The molecule has 1 atom stereocenters. The predicted octanol–water partition coefficient (Wildman–Crippen LogP) is 0.0524. The fourth-order valence-corrected chi connectivity index (χ4v) is 2.32. The molecule has 0 bridgehead atoms. The van der Waals surface area contributed by atoms with Crippen LogP contribution < -0.4 is 0 Å². The number of likely N-dealkylation sites (tertiary alicyclic amines) is 1. The van der Waals surface area contributed by atoms with E-state index in [0.717, 1.165) is 25.1 Å². The molecule has 1 fully saturated rings. The summed E-state index contributed by atoms with van der Waals surface area (Å²) in [6.07, 6.45) is 4.54. The van der Waals surface area contributed by atoms with Gasteiger partial charge in [-0.2, -0.15) is 0 Å². The van der Waals surface area contributed by atoms with Gasteiger partial charge in [0.05, 0.1) is 6.61 Å². The van der Waals surface area contributed by atoms with Gasteiger partial charge in [0, 0.05) is 31.3 Å². The first-order valence-electron chi connectivity index (χ1n) is 5.45. The largest absolute Gasteiger partial charge is 0.393 e. The van der Waals surface area contributed by atoms with Crippen molar-refractivity contribution in [1.29, 1.82) is 0 Å². The summed E-state index contributed by atoms with van der Waals surface area (Å²) in [4.78, 5) is 13.1. The summed E-state index contributed by atoms with van der Waals surface area (Å²) in [6, 6.07) is 0. The van der Waals surface area contributed by atoms with Gasteiger partial charge < -0.3 is 15.1 Å². The molecule has 0 aromatic rings. The second-order valence-electron chi connectivity index (χ2n) is 4.51. The van der Waals surface area contributed by atoms with E-state index in [1.165, 1.54) is 0 Å². The molecule has 15 heavy (non-hydrogen) atoms. The van der Waals surface area contributed by atoms with E-state index in [2.05, 4.69) is 0 Å². The van der Waals surface area contributed by atoms with Crippen LogP contribution in [0.4, 0.5) is 0 Å². The maximum Gasteiger partial charge on any atom is 0.157 e. The number of aliphatic hydroxyl groups excluding tert-OH is 1. The third kappa shape index (κ3) is 2.21. The summed E-state index contributed by atoms with van der Waals surface area (Å²) >= 11 is 0. The first-order chi connectivity index (χ1) is 7.13. The maximum absolute atomic E-state index is 11.1. The summed E-state index contributed by atoms with van der Waals surface area (Å²) in [7, 11) is 0. The molecule has 0 aromatic heterocycles. The lowest BCUT2D eigenvalue weighted by Crippen LogP contribution is -2.49. The second-order valence-corrected chi connectivity index (χ2v) is 4.51. The number of piperidine rings is 1. The second kappa shape index (κ2) is 3.94. The Kier molecular flexibility index (Phi) is 2.80. The Morgan fingerprint density at radius 3 is 2.87 bits per heavy atom. The van der Waals surface area contributed by atoms with Gasteiger partial charge >= 0.3 is 0 Å². The Morgan fingerprint density at radius 2 is 2.27 bits per heavy atom. The molecule has 1 saturated heterocycles. The van der Waals surface area contributed by atoms with Gasteiger partial charge in [-0.05, 0) is 19.3 Å². The Bertz CT molecular complexity index is 300. The van der Waals surface area contributed by atoms with Crippen molar-refractivity contribution in [3.8, 4) is 0 Å². The monoisotopic (exact) mass is 211 g/mol. The van der Waals surface area contributed by atoms with E-state index >= 15 is 0 Å². The average molecular weight is 211 g/mol. The Hall–Kier alpha value is -0.870. The van der Waals surface area contributed by atoms with Crippen LogP contribution in [0.2, 0.25) is 0 Å². The van der Waals surface area contributed by atoms with Crippen LogP contribution in [0.5, 0.6) is 0 Å². The molecule has 1 aliphatic carbocycles. The van der Waals surface area contributed by atoms with E-state index in [-0.39, 0.29) is 12.4 Å². The molecule has 0 amide bonds. The highest BCUT2D eigenvalue weighted by molar-refractivity contribution is 5.92. The van der Waals surface area contributed by atoms with Crippen molar-refractivity contribution in [2.24, 2.45) is 0 Å². The third-order valence-electron chi connectivity index (χ3n) is 3.21. The molecule has 0 radical (unpaired) electrons. The number of ketones is 1. The van der Waals surface area contributed by atoms with E-state index in [0.29, 0.717) is 19.4 Å². The minimum Gasteiger partial charge on any atom is -0.393 e. The number of rotatable bonds is 2. The van der Waals surface area contributed by atoms with E-state index in [1.807, 2.05) is 4.90 Å². The number of carbonyl (C=O) groups is 1. The van der Waals surface area contributed by atoms with Crippen LogP contribution in [0.15, 0.2) is 11.8 Å². The first-order valence-corrected chi connectivity index (χ1v) is 5.45. The highest BCUT2D eigenvalue weighted by Gasteiger charge is 2.34. The Morgan fingerprint density at radius 1 is 1.47 bits per heavy atom. The third-order valence-corrected chi connectivity index (χ3v) is 3.21. The van der Waals surface area contributed by atoms with Crippen molar-refractivity contribution in [1.82, 2.24) is 4.90 Å². The van der Waals surface area contributed by atoms with Gasteiger partial charge in [-0.15, -0.1) is 0 Å². The van der Waals surface area contributed by atoms with Crippen LogP contribution in [0.1, 0.15) is 25.7 Å². The van der Waals surface area contributed by atoms with Gasteiger partial charge in [-0.25, -0.2) is 0 Å². The van der Waals surface area contributed by atoms with Crippen molar-refractivity contribution in [2.75, 3.05) is 19.7 Å². The smallest absolute Gasteiger partial charge is 0.157 e. The van der Waals surface area contributed by atoms with Crippen LogP contribution in [-0.4, -0.2) is 46.2 Å². The van der Waals surface area contributed by atoms with Gasteiger partial charge in [0.25, 0.3) is 0 Å². The fraction of sp³-hybridized carbons (Fsp3) is 0.727. The number of β-amino-alcohol motifs (C(OH)–C–C–N with tert-alkyl or cyclic N) is 1. The van der Waals surface area contributed by atoms with E-state index in [1.54, 1.807) is 6.08 Å². The number of hydrogen-bond acceptors (Lipinski definition) is 4. The normalized spacial score (nSPS) is 32.0. The quantitative estimate of drug-likeness (QED) is 0.677. The topological polar surface area (TPSA) is 60.8 Å². The number of carbonyl (C=O) groups excluding carboxylic acids is 1. The van der Waals surface area contributed by atoms with Crippen LogP contribution in [-0.2, 0) is 4.79 Å². The standard InChI is InChI=1S/C11H17NO3/c13-8-11(15)4-1-5-12(7-11)9-2-3-10(14)6-9/h6,13,15H,1-5,7-8H2. The SMILES string of the molecule is O=C1C=C(N2CCCC(O)(CO)C2)CC1. The lowest BCUT2D eigenvalue weighted by atomic mass is 9.93. The van der Waals surface area contributed by atoms with Crippen molar-refractivity contribution in [3.63, 3.8) is 0 Å². The van der Waals surface area contributed by atoms with Crippen LogP contribution in [0.25, 0.3) is 0 Å². The summed E-state index contributed by atoms with van der Waals surface area (Å²) in [5, 5.41) is 19.1. The van der Waals surface area contributed by atoms with Crippen LogP contribution in [0, 0.1) is 0 Å². The molecule has 4 nitrogen and oxygen atoms in total. The van der Waals surface area contributed by atoms with Gasteiger partial charge in [0.15, 0.2) is 5.78 Å². The molecule has 1 aliphatic heterocycles. The number of hydrogen-bond donors (Lipinski definition) is 2. The lowest BCUT2D eigenvalue weighted by Gasteiger charge is -2.39. The zero-order chi connectivity index (χ0) is 10.9. The molecule has 2 N–H and O–H groups in total. The maximum atomic E-state index is 11.1. The number of aliphatic hydroxyl groups is 2. The molecule has 4 heteroatoms. The van der Waals surface area contributed by atoms with Gasteiger partial charge in [-0.3, -0.25) is 4.79 Å². The van der Waals surface area contributed by atoms with Crippen molar-refractivity contribution < 1.29 is 15.0 Å². The van der Waals surface area contributed by atoms with Crippen molar-refractivity contribution in [3.05, 3.63) is 11.8 Å². The van der Waals surface area contributed by atoms with Gasteiger partial charge in [0.2, 0.25) is 0 Å². The molecular formula is C11H17NO3. The summed E-state index contributed by atoms with van der Waals surface area (Å²) in [6.45, 7) is 1.12. The fourth-order valence-electron chi connectivity index (χ4n) is 2.32.